The maximum atomic E-state index is 11.1. The Morgan fingerprint density at radius 3 is 1.79 bits per heavy atom. The minimum atomic E-state index is -5.35. The molecule has 7 heteroatoms. The van der Waals surface area contributed by atoms with Crippen LogP contribution >= 0.6 is 0 Å². The molecule has 1 aromatic carbocycles. The highest BCUT2D eigenvalue weighted by molar-refractivity contribution is 8.64. The van der Waals surface area contributed by atoms with Gasteiger partial charge in [-0.25, -0.2) is 16.8 Å². The lowest BCUT2D eigenvalue weighted by atomic mass is 10.2. The van der Waals surface area contributed by atoms with Crippen LogP contribution in [0.15, 0.2) is 29.2 Å². The Labute approximate surface area is 81.5 Å². The fourth-order valence-electron chi connectivity index (χ4n) is 0.823. The standard InChI is InChI=1S/C7H8O5S2/c1-6-2-4-7(5-3-6)13(8,9)14(10,11)12/h2-5H,1H3,(H,10,11,12)/p-1. The van der Waals surface area contributed by atoms with Crippen LogP contribution in [0, 0.1) is 6.92 Å². The molecule has 14 heavy (non-hydrogen) atoms. The van der Waals surface area contributed by atoms with Crippen molar-refractivity contribution in [3.63, 3.8) is 0 Å². The molecule has 0 heterocycles. The van der Waals surface area contributed by atoms with Crippen LogP contribution in [0.4, 0.5) is 0 Å². The Balaban J connectivity index is 3.40. The molecule has 0 atom stereocenters. The van der Waals surface area contributed by atoms with Gasteiger partial charge in [0.1, 0.15) is 0 Å². The van der Waals surface area contributed by atoms with Crippen LogP contribution in [-0.4, -0.2) is 21.4 Å². The monoisotopic (exact) mass is 235 g/mol. The van der Waals surface area contributed by atoms with Gasteiger partial charge in [0.25, 0.3) is 8.87 Å². The fourth-order valence-corrected chi connectivity index (χ4v) is 2.57. The molecule has 0 amide bonds. The predicted molar refractivity (Wildman–Crippen MR) is 48.1 cm³/mol. The lowest BCUT2D eigenvalue weighted by Gasteiger charge is -2.07. The van der Waals surface area contributed by atoms with Crippen molar-refractivity contribution in [3.05, 3.63) is 29.8 Å². The third-order valence-electron chi connectivity index (χ3n) is 1.58. The molecule has 0 aliphatic carbocycles. The number of rotatable bonds is 2. The summed E-state index contributed by atoms with van der Waals surface area (Å²) in [7, 11) is -10.1. The molecule has 0 unspecified atom stereocenters. The summed E-state index contributed by atoms with van der Waals surface area (Å²) in [6.07, 6.45) is 0. The van der Waals surface area contributed by atoms with Crippen LogP contribution in [0.5, 0.6) is 0 Å². The van der Waals surface area contributed by atoms with Crippen molar-refractivity contribution in [3.8, 4) is 0 Å². The normalized spacial score (nSPS) is 12.7. The van der Waals surface area contributed by atoms with Gasteiger partial charge in [0, 0.05) is 0 Å². The van der Waals surface area contributed by atoms with E-state index in [2.05, 4.69) is 0 Å². The van der Waals surface area contributed by atoms with Crippen molar-refractivity contribution < 1.29 is 21.4 Å². The van der Waals surface area contributed by atoms with Crippen LogP contribution in [-0.2, 0) is 18.0 Å². The molecule has 0 bridgehead atoms. The molecule has 0 N–H and O–H groups in total. The SMILES string of the molecule is Cc1ccc(S(=O)(=O)S(=O)(=O)[O-])cc1. The summed E-state index contributed by atoms with van der Waals surface area (Å²) in [6.45, 7) is 1.71. The van der Waals surface area contributed by atoms with Gasteiger partial charge in [-0.1, -0.05) is 17.7 Å². The molecule has 0 radical (unpaired) electrons. The van der Waals surface area contributed by atoms with Crippen molar-refractivity contribution in [2.24, 2.45) is 0 Å². The molecular formula is C7H7O5S2-. The van der Waals surface area contributed by atoms with Crippen LogP contribution in [0.1, 0.15) is 5.56 Å². The average Bonchev–Trinajstić information content (AvgIpc) is 2.03. The third-order valence-corrected chi connectivity index (χ3v) is 5.16. The lowest BCUT2D eigenvalue weighted by molar-refractivity contribution is 0.474. The summed E-state index contributed by atoms with van der Waals surface area (Å²) in [6, 6.07) is 5.00. The largest absolute Gasteiger partial charge is 0.735 e. The van der Waals surface area contributed by atoms with E-state index in [1.807, 2.05) is 0 Å². The molecule has 0 aromatic heterocycles. The zero-order chi connectivity index (χ0) is 11.0. The van der Waals surface area contributed by atoms with E-state index in [1.165, 1.54) is 12.1 Å². The Morgan fingerprint density at radius 1 is 1.00 bits per heavy atom. The second kappa shape index (κ2) is 3.34. The molecule has 1 aromatic rings. The van der Waals surface area contributed by atoms with Gasteiger partial charge in [0.2, 0.25) is 9.15 Å². The zero-order valence-corrected chi connectivity index (χ0v) is 8.80. The first kappa shape index (κ1) is 11.2. The van der Waals surface area contributed by atoms with Crippen molar-refractivity contribution >= 4 is 18.0 Å². The maximum absolute atomic E-state index is 11.1. The minimum Gasteiger partial charge on any atom is -0.735 e. The Kier molecular flexibility index (Phi) is 2.66. The van der Waals surface area contributed by atoms with E-state index in [-0.39, 0.29) is 0 Å². The van der Waals surface area contributed by atoms with E-state index in [0.717, 1.165) is 17.7 Å². The van der Waals surface area contributed by atoms with Gasteiger partial charge in [-0.2, -0.15) is 0 Å². The van der Waals surface area contributed by atoms with Crippen molar-refractivity contribution in [1.29, 1.82) is 0 Å². The summed E-state index contributed by atoms with van der Waals surface area (Å²) < 4.78 is 53.3. The zero-order valence-electron chi connectivity index (χ0n) is 7.17. The quantitative estimate of drug-likeness (QED) is 0.540. The summed E-state index contributed by atoms with van der Waals surface area (Å²) in [4.78, 5) is -0.502. The molecule has 0 aliphatic heterocycles. The highest BCUT2D eigenvalue weighted by atomic mass is 33.2. The molecule has 0 spiro atoms. The van der Waals surface area contributed by atoms with Gasteiger partial charge >= 0.3 is 0 Å². The van der Waals surface area contributed by atoms with Crippen LogP contribution in [0.3, 0.4) is 0 Å². The Bertz CT molecular complexity index is 524. The van der Waals surface area contributed by atoms with Gasteiger partial charge in [0.05, 0.1) is 4.90 Å². The maximum Gasteiger partial charge on any atom is 0.271 e. The summed E-state index contributed by atoms with van der Waals surface area (Å²) in [5.74, 6) is 0. The molecule has 0 saturated heterocycles. The molecule has 78 valence electrons. The first-order valence-electron chi connectivity index (χ1n) is 3.53. The average molecular weight is 235 g/mol. The van der Waals surface area contributed by atoms with Crippen LogP contribution in [0.25, 0.3) is 0 Å². The van der Waals surface area contributed by atoms with Crippen molar-refractivity contribution in [2.75, 3.05) is 0 Å². The van der Waals surface area contributed by atoms with E-state index in [4.69, 9.17) is 0 Å². The van der Waals surface area contributed by atoms with Crippen LogP contribution in [0.2, 0.25) is 0 Å². The van der Waals surface area contributed by atoms with Crippen LogP contribution < -0.4 is 0 Å². The molecule has 0 aliphatic rings. The smallest absolute Gasteiger partial charge is 0.271 e. The van der Waals surface area contributed by atoms with E-state index in [9.17, 15) is 21.4 Å². The fraction of sp³-hybridized carbons (Fsp3) is 0.143. The molecular weight excluding hydrogens is 228 g/mol. The first-order valence-corrected chi connectivity index (χ1v) is 6.93. The molecule has 0 fully saturated rings. The highest BCUT2D eigenvalue weighted by Crippen LogP contribution is 2.15. The van der Waals surface area contributed by atoms with Crippen molar-refractivity contribution in [2.45, 2.75) is 11.8 Å². The topological polar surface area (TPSA) is 91.3 Å². The molecule has 1 rings (SSSR count). The minimum absolute atomic E-state index is 0.502. The molecule has 5 nitrogen and oxygen atoms in total. The number of hydrogen-bond acceptors (Lipinski definition) is 5. The summed E-state index contributed by atoms with van der Waals surface area (Å²) >= 11 is 0. The number of aryl methyl sites for hydroxylation is 1. The highest BCUT2D eigenvalue weighted by Gasteiger charge is 2.21. The lowest BCUT2D eigenvalue weighted by Crippen LogP contribution is -2.14. The van der Waals surface area contributed by atoms with E-state index < -0.39 is 22.9 Å². The predicted octanol–water partition coefficient (Wildman–Crippen LogP) is 0.229. The summed E-state index contributed by atoms with van der Waals surface area (Å²) in [5, 5.41) is 0. The van der Waals surface area contributed by atoms with Crippen molar-refractivity contribution in [1.82, 2.24) is 0 Å². The van der Waals surface area contributed by atoms with E-state index >= 15 is 0 Å². The van der Waals surface area contributed by atoms with Gasteiger partial charge in [-0.15, -0.1) is 0 Å². The Hall–Kier alpha value is -0.920. The molecule has 0 saturated carbocycles. The van der Waals surface area contributed by atoms with Gasteiger partial charge in [-0.05, 0) is 19.1 Å². The van der Waals surface area contributed by atoms with Gasteiger partial charge < -0.3 is 4.55 Å². The Morgan fingerprint density at radius 2 is 1.43 bits per heavy atom. The summed E-state index contributed by atoms with van der Waals surface area (Å²) in [5.41, 5.74) is 0.771. The van der Waals surface area contributed by atoms with E-state index in [1.54, 1.807) is 6.92 Å². The first-order chi connectivity index (χ1) is 6.25. The van der Waals surface area contributed by atoms with Gasteiger partial charge in [0.15, 0.2) is 0 Å². The van der Waals surface area contributed by atoms with E-state index in [0.29, 0.717) is 0 Å². The second-order valence-electron chi connectivity index (χ2n) is 2.68. The van der Waals surface area contributed by atoms with Gasteiger partial charge in [-0.3, -0.25) is 0 Å². The number of benzene rings is 1. The number of hydrogen-bond donors (Lipinski definition) is 0. The second-order valence-corrected chi connectivity index (χ2v) is 7.41. The third kappa shape index (κ3) is 1.94.